The Balaban J connectivity index is 1.90. The molecule has 2 aromatic carbocycles. The molecule has 0 unspecified atom stereocenters. The van der Waals surface area contributed by atoms with Gasteiger partial charge in [-0.3, -0.25) is 10.1 Å². The molecule has 0 aliphatic carbocycles. The number of anilines is 1. The van der Waals surface area contributed by atoms with Crippen LogP contribution in [-0.4, -0.2) is 28.4 Å². The van der Waals surface area contributed by atoms with Gasteiger partial charge in [0.25, 0.3) is 5.69 Å². The van der Waals surface area contributed by atoms with Crippen LogP contribution < -0.4 is 10.1 Å². The van der Waals surface area contributed by atoms with Crippen LogP contribution in [0.2, 0.25) is 0 Å². The zero-order valence-corrected chi connectivity index (χ0v) is 15.9. The maximum absolute atomic E-state index is 11.3. The Morgan fingerprint density at radius 3 is 2.68 bits per heavy atom. The molecule has 1 aromatic heterocycles. The SMILES string of the molecule is COc1ccc(-c2nn(-c3cc([N+](=O)[O-])ccc3C)c3c2CCCCN3)cc1. The summed E-state index contributed by atoms with van der Waals surface area (Å²) in [5.74, 6) is 1.72. The summed E-state index contributed by atoms with van der Waals surface area (Å²) in [5, 5.41) is 19.6. The first-order valence-electron chi connectivity index (χ1n) is 9.34. The molecule has 28 heavy (non-hydrogen) atoms. The molecule has 0 bridgehead atoms. The zero-order chi connectivity index (χ0) is 19.7. The second-order valence-corrected chi connectivity index (χ2v) is 6.93. The van der Waals surface area contributed by atoms with E-state index in [2.05, 4.69) is 5.32 Å². The summed E-state index contributed by atoms with van der Waals surface area (Å²) >= 11 is 0. The zero-order valence-electron chi connectivity index (χ0n) is 15.9. The molecule has 0 amide bonds. The quantitative estimate of drug-likeness (QED) is 0.533. The number of rotatable bonds is 4. The Labute approximate surface area is 163 Å². The van der Waals surface area contributed by atoms with E-state index in [0.29, 0.717) is 0 Å². The van der Waals surface area contributed by atoms with Crippen LogP contribution in [0.25, 0.3) is 16.9 Å². The third kappa shape index (κ3) is 3.19. The number of aryl methyl sites for hydroxylation is 1. The molecule has 0 spiro atoms. The molecular weight excluding hydrogens is 356 g/mol. The number of hydrogen-bond acceptors (Lipinski definition) is 5. The van der Waals surface area contributed by atoms with Crippen molar-refractivity contribution in [3.05, 3.63) is 63.7 Å². The number of nitro benzene ring substituents is 1. The first-order valence-corrected chi connectivity index (χ1v) is 9.34. The maximum atomic E-state index is 11.3. The highest BCUT2D eigenvalue weighted by Gasteiger charge is 2.23. The monoisotopic (exact) mass is 378 g/mol. The maximum Gasteiger partial charge on any atom is 0.271 e. The van der Waals surface area contributed by atoms with Gasteiger partial charge in [-0.25, -0.2) is 4.68 Å². The number of nitrogens with one attached hydrogen (secondary N) is 1. The molecule has 1 aliphatic rings. The van der Waals surface area contributed by atoms with Crippen molar-refractivity contribution in [1.82, 2.24) is 9.78 Å². The molecule has 3 aromatic rings. The van der Waals surface area contributed by atoms with Crippen LogP contribution in [-0.2, 0) is 6.42 Å². The standard InChI is InChI=1S/C21H22N4O3/c1-14-6-9-16(25(26)27)13-19(14)24-21-18(5-3-4-12-22-21)20(23-24)15-7-10-17(28-2)11-8-15/h6-11,13,22H,3-5,12H2,1-2H3. The average molecular weight is 378 g/mol. The Morgan fingerprint density at radius 2 is 1.96 bits per heavy atom. The molecule has 0 saturated carbocycles. The molecular formula is C21H22N4O3. The van der Waals surface area contributed by atoms with Gasteiger partial charge in [0.1, 0.15) is 11.6 Å². The van der Waals surface area contributed by atoms with Gasteiger partial charge in [0.15, 0.2) is 0 Å². The number of hydrogen-bond donors (Lipinski definition) is 1. The van der Waals surface area contributed by atoms with Gasteiger partial charge in [-0.2, -0.15) is 5.10 Å². The molecule has 7 nitrogen and oxygen atoms in total. The Morgan fingerprint density at radius 1 is 1.18 bits per heavy atom. The van der Waals surface area contributed by atoms with Gasteiger partial charge < -0.3 is 10.1 Å². The first-order chi connectivity index (χ1) is 13.6. The van der Waals surface area contributed by atoms with Gasteiger partial charge in [-0.05, 0) is 56.0 Å². The van der Waals surface area contributed by atoms with Crippen LogP contribution in [0.4, 0.5) is 11.5 Å². The molecule has 144 valence electrons. The summed E-state index contributed by atoms with van der Waals surface area (Å²) in [6.07, 6.45) is 3.06. The molecule has 2 heterocycles. The smallest absolute Gasteiger partial charge is 0.271 e. The van der Waals surface area contributed by atoms with Crippen LogP contribution in [0.5, 0.6) is 5.75 Å². The normalized spacial score (nSPS) is 13.4. The lowest BCUT2D eigenvalue weighted by atomic mass is 10.0. The summed E-state index contributed by atoms with van der Waals surface area (Å²) in [7, 11) is 1.64. The van der Waals surface area contributed by atoms with E-state index in [9.17, 15) is 10.1 Å². The molecule has 0 fully saturated rings. The Bertz CT molecular complexity index is 1020. The highest BCUT2D eigenvalue weighted by Crippen LogP contribution is 2.35. The van der Waals surface area contributed by atoms with Crippen molar-refractivity contribution in [3.8, 4) is 22.7 Å². The number of non-ortho nitro benzene ring substituents is 1. The lowest BCUT2D eigenvalue weighted by molar-refractivity contribution is -0.384. The topological polar surface area (TPSA) is 82.2 Å². The van der Waals surface area contributed by atoms with Crippen LogP contribution in [0.3, 0.4) is 0 Å². The van der Waals surface area contributed by atoms with Gasteiger partial charge in [0.2, 0.25) is 0 Å². The van der Waals surface area contributed by atoms with Crippen LogP contribution in [0.15, 0.2) is 42.5 Å². The summed E-state index contributed by atoms with van der Waals surface area (Å²) in [6, 6.07) is 12.7. The Hall–Kier alpha value is -3.35. The van der Waals surface area contributed by atoms with Crippen LogP contribution in [0, 0.1) is 17.0 Å². The van der Waals surface area contributed by atoms with Gasteiger partial charge >= 0.3 is 0 Å². The second-order valence-electron chi connectivity index (χ2n) is 6.93. The molecule has 0 saturated heterocycles. The molecule has 1 N–H and O–H groups in total. The molecule has 4 rings (SSSR count). The van der Waals surface area contributed by atoms with Crippen LogP contribution in [0.1, 0.15) is 24.0 Å². The minimum Gasteiger partial charge on any atom is -0.497 e. The van der Waals surface area contributed by atoms with E-state index in [-0.39, 0.29) is 10.6 Å². The third-order valence-electron chi connectivity index (χ3n) is 5.12. The van der Waals surface area contributed by atoms with Gasteiger partial charge in [-0.15, -0.1) is 0 Å². The van der Waals surface area contributed by atoms with E-state index < -0.39 is 0 Å². The van der Waals surface area contributed by atoms with Gasteiger partial charge in [0.05, 0.1) is 23.4 Å². The third-order valence-corrected chi connectivity index (χ3v) is 5.12. The predicted octanol–water partition coefficient (Wildman–Crippen LogP) is 4.51. The number of nitrogens with zero attached hydrogens (tertiary/aromatic N) is 3. The Kier molecular flexibility index (Phi) is 4.73. The van der Waals surface area contributed by atoms with Crippen molar-refractivity contribution >= 4 is 11.5 Å². The number of nitro groups is 1. The van der Waals surface area contributed by atoms with Crippen molar-refractivity contribution in [2.75, 3.05) is 19.0 Å². The first kappa shape index (κ1) is 18.0. The fraction of sp³-hybridized carbons (Fsp3) is 0.286. The number of benzene rings is 2. The minimum atomic E-state index is -0.372. The van der Waals surface area contributed by atoms with Gasteiger partial charge in [0, 0.05) is 29.8 Å². The number of ether oxygens (including phenoxy) is 1. The second kappa shape index (κ2) is 7.34. The lowest BCUT2D eigenvalue weighted by Gasteiger charge is -2.11. The van der Waals surface area contributed by atoms with E-state index in [1.807, 2.05) is 35.9 Å². The fourth-order valence-corrected chi connectivity index (χ4v) is 3.60. The van der Waals surface area contributed by atoms with Crippen molar-refractivity contribution < 1.29 is 9.66 Å². The summed E-state index contributed by atoms with van der Waals surface area (Å²) in [6.45, 7) is 2.80. The summed E-state index contributed by atoms with van der Waals surface area (Å²) < 4.78 is 7.08. The number of methoxy groups -OCH3 is 1. The van der Waals surface area contributed by atoms with Crippen LogP contribution >= 0.6 is 0 Å². The fourth-order valence-electron chi connectivity index (χ4n) is 3.60. The van der Waals surface area contributed by atoms with E-state index >= 15 is 0 Å². The summed E-state index contributed by atoms with van der Waals surface area (Å²) in [5.41, 5.74) is 4.77. The number of fused-ring (bicyclic) bond motifs is 1. The highest BCUT2D eigenvalue weighted by atomic mass is 16.6. The van der Waals surface area contributed by atoms with E-state index in [0.717, 1.165) is 65.4 Å². The van der Waals surface area contributed by atoms with E-state index in [1.165, 1.54) is 6.07 Å². The predicted molar refractivity (Wildman–Crippen MR) is 108 cm³/mol. The van der Waals surface area contributed by atoms with E-state index in [1.54, 1.807) is 19.2 Å². The van der Waals surface area contributed by atoms with E-state index in [4.69, 9.17) is 9.84 Å². The van der Waals surface area contributed by atoms with Gasteiger partial charge in [-0.1, -0.05) is 6.07 Å². The molecule has 1 aliphatic heterocycles. The molecule has 0 radical (unpaired) electrons. The largest absolute Gasteiger partial charge is 0.497 e. The van der Waals surface area contributed by atoms with Crippen molar-refractivity contribution in [3.63, 3.8) is 0 Å². The van der Waals surface area contributed by atoms with Crippen molar-refractivity contribution in [2.24, 2.45) is 0 Å². The minimum absolute atomic E-state index is 0.0597. The average Bonchev–Trinajstić information content (AvgIpc) is 2.89. The van der Waals surface area contributed by atoms with Crippen molar-refractivity contribution in [1.29, 1.82) is 0 Å². The lowest BCUT2D eigenvalue weighted by Crippen LogP contribution is -2.08. The molecule has 7 heteroatoms. The molecule has 0 atom stereocenters. The number of aromatic nitrogens is 2. The summed E-state index contributed by atoms with van der Waals surface area (Å²) in [4.78, 5) is 10.9. The highest BCUT2D eigenvalue weighted by molar-refractivity contribution is 5.72. The van der Waals surface area contributed by atoms with Crippen molar-refractivity contribution in [2.45, 2.75) is 26.2 Å².